The van der Waals surface area contributed by atoms with E-state index in [1.54, 1.807) is 4.90 Å². The van der Waals surface area contributed by atoms with Gasteiger partial charge in [-0.15, -0.1) is 0 Å². The maximum atomic E-state index is 12.6. The molecule has 0 saturated heterocycles. The van der Waals surface area contributed by atoms with Crippen LogP contribution in [0, 0.1) is 0 Å². The molecule has 0 spiro atoms. The Morgan fingerprint density at radius 3 is 2.67 bits per heavy atom. The number of anilines is 1. The summed E-state index contributed by atoms with van der Waals surface area (Å²) in [6, 6.07) is 7.85. The van der Waals surface area contributed by atoms with Gasteiger partial charge in [-0.1, -0.05) is 37.8 Å². The average Bonchev–Trinajstić information content (AvgIpc) is 2.89. The van der Waals surface area contributed by atoms with Gasteiger partial charge in [0.05, 0.1) is 5.69 Å². The van der Waals surface area contributed by atoms with Gasteiger partial charge in [0.2, 0.25) is 5.91 Å². The van der Waals surface area contributed by atoms with E-state index in [-0.39, 0.29) is 18.4 Å². The Hall–Kier alpha value is -2.04. The van der Waals surface area contributed by atoms with Crippen LogP contribution in [-0.4, -0.2) is 43.0 Å². The number of benzene rings is 1. The second-order valence-corrected chi connectivity index (χ2v) is 6.70. The van der Waals surface area contributed by atoms with Gasteiger partial charge in [-0.3, -0.25) is 9.59 Å². The molecule has 1 aliphatic carbocycles. The number of para-hydroxylation sites is 2. The number of hydrogen-bond donors (Lipinski definition) is 0. The quantitative estimate of drug-likeness (QED) is 0.798. The molecule has 0 unspecified atom stereocenters. The summed E-state index contributed by atoms with van der Waals surface area (Å²) in [7, 11) is 1.91. The molecule has 0 aromatic heterocycles. The predicted molar refractivity (Wildman–Crippen MR) is 93.2 cm³/mol. The van der Waals surface area contributed by atoms with E-state index in [4.69, 9.17) is 4.74 Å². The largest absolute Gasteiger partial charge is 0.482 e. The number of amides is 2. The molecule has 1 aromatic rings. The lowest BCUT2D eigenvalue weighted by Gasteiger charge is -2.31. The highest BCUT2D eigenvalue weighted by atomic mass is 16.5. The fraction of sp³-hybridized carbons (Fsp3) is 0.579. The standard InChI is InChI=1S/C19H26N2O3/c1-20(15-8-4-2-3-5-9-15)18(22)12-13-21-16-10-6-7-11-17(16)24-14-19(21)23/h6-7,10-11,15H,2-5,8-9,12-14H2,1H3. The van der Waals surface area contributed by atoms with E-state index in [1.807, 2.05) is 36.2 Å². The van der Waals surface area contributed by atoms with Gasteiger partial charge in [-0.2, -0.15) is 0 Å². The van der Waals surface area contributed by atoms with Crippen molar-refractivity contribution in [2.24, 2.45) is 0 Å². The van der Waals surface area contributed by atoms with Crippen LogP contribution < -0.4 is 9.64 Å². The molecule has 5 heteroatoms. The SMILES string of the molecule is CN(C(=O)CCN1C(=O)COc2ccccc21)C1CCCCCC1. The number of ether oxygens (including phenoxy) is 1. The number of rotatable bonds is 4. The summed E-state index contributed by atoms with van der Waals surface area (Å²) in [5.74, 6) is 0.749. The van der Waals surface area contributed by atoms with E-state index >= 15 is 0 Å². The summed E-state index contributed by atoms with van der Waals surface area (Å²) in [4.78, 5) is 28.3. The first-order valence-electron chi connectivity index (χ1n) is 8.94. The number of nitrogens with zero attached hydrogens (tertiary/aromatic N) is 2. The minimum absolute atomic E-state index is 0.0453. The fourth-order valence-electron chi connectivity index (χ4n) is 3.63. The first-order chi connectivity index (χ1) is 11.7. The van der Waals surface area contributed by atoms with Crippen molar-refractivity contribution in [3.63, 3.8) is 0 Å². The van der Waals surface area contributed by atoms with Gasteiger partial charge in [0, 0.05) is 26.1 Å². The smallest absolute Gasteiger partial charge is 0.265 e. The number of carbonyl (C=O) groups excluding carboxylic acids is 2. The summed E-state index contributed by atoms with van der Waals surface area (Å²) in [6.45, 7) is 0.457. The number of carbonyl (C=O) groups is 2. The van der Waals surface area contributed by atoms with Crippen molar-refractivity contribution >= 4 is 17.5 Å². The van der Waals surface area contributed by atoms with Gasteiger partial charge in [0.25, 0.3) is 5.91 Å². The predicted octanol–water partition coefficient (Wildman–Crippen LogP) is 2.98. The van der Waals surface area contributed by atoms with E-state index in [0.717, 1.165) is 18.5 Å². The van der Waals surface area contributed by atoms with E-state index < -0.39 is 0 Å². The third-order valence-electron chi connectivity index (χ3n) is 5.12. The van der Waals surface area contributed by atoms with Crippen LogP contribution in [0.4, 0.5) is 5.69 Å². The summed E-state index contributed by atoms with van der Waals surface area (Å²) in [6.07, 6.45) is 7.51. The molecular weight excluding hydrogens is 304 g/mol. The molecule has 0 bridgehead atoms. The van der Waals surface area contributed by atoms with Gasteiger partial charge >= 0.3 is 0 Å². The Labute approximate surface area is 143 Å². The van der Waals surface area contributed by atoms with E-state index in [9.17, 15) is 9.59 Å². The molecule has 1 aromatic carbocycles. The molecule has 0 radical (unpaired) electrons. The Bertz CT molecular complexity index is 594. The molecule has 3 rings (SSSR count). The second kappa shape index (κ2) is 7.69. The maximum absolute atomic E-state index is 12.6. The van der Waals surface area contributed by atoms with Gasteiger partial charge in [0.15, 0.2) is 6.61 Å². The fourth-order valence-corrected chi connectivity index (χ4v) is 3.63. The summed E-state index contributed by atoms with van der Waals surface area (Å²) < 4.78 is 5.44. The molecule has 0 atom stereocenters. The lowest BCUT2D eigenvalue weighted by Crippen LogP contribution is -2.42. The van der Waals surface area contributed by atoms with Crippen LogP contribution >= 0.6 is 0 Å². The monoisotopic (exact) mass is 330 g/mol. The molecule has 0 N–H and O–H groups in total. The molecule has 1 fully saturated rings. The lowest BCUT2D eigenvalue weighted by atomic mass is 10.1. The van der Waals surface area contributed by atoms with Crippen LogP contribution in [0.25, 0.3) is 0 Å². The number of fused-ring (bicyclic) bond motifs is 1. The Morgan fingerprint density at radius 1 is 1.21 bits per heavy atom. The molecule has 1 heterocycles. The first-order valence-corrected chi connectivity index (χ1v) is 8.94. The highest BCUT2D eigenvalue weighted by Gasteiger charge is 2.27. The van der Waals surface area contributed by atoms with Gasteiger partial charge in [0.1, 0.15) is 5.75 Å². The molecule has 130 valence electrons. The van der Waals surface area contributed by atoms with E-state index in [2.05, 4.69) is 0 Å². The molecular formula is C19H26N2O3. The zero-order valence-electron chi connectivity index (χ0n) is 14.4. The highest BCUT2D eigenvalue weighted by Crippen LogP contribution is 2.31. The van der Waals surface area contributed by atoms with Crippen LogP contribution in [0.2, 0.25) is 0 Å². The molecule has 2 aliphatic rings. The molecule has 1 aliphatic heterocycles. The van der Waals surface area contributed by atoms with Gasteiger partial charge in [-0.05, 0) is 25.0 Å². The normalized spacial score (nSPS) is 18.5. The summed E-state index contributed by atoms with van der Waals surface area (Å²) in [5, 5.41) is 0. The second-order valence-electron chi connectivity index (χ2n) is 6.70. The van der Waals surface area contributed by atoms with Crippen molar-refractivity contribution in [2.45, 2.75) is 51.0 Å². The zero-order valence-corrected chi connectivity index (χ0v) is 14.4. The van der Waals surface area contributed by atoms with E-state index in [0.29, 0.717) is 24.8 Å². The van der Waals surface area contributed by atoms with Crippen molar-refractivity contribution in [1.29, 1.82) is 0 Å². The zero-order chi connectivity index (χ0) is 16.9. The Kier molecular flexibility index (Phi) is 5.38. The van der Waals surface area contributed by atoms with Crippen LogP contribution in [0.5, 0.6) is 5.75 Å². The third-order valence-corrected chi connectivity index (χ3v) is 5.12. The van der Waals surface area contributed by atoms with Crippen LogP contribution in [-0.2, 0) is 9.59 Å². The summed E-state index contributed by atoms with van der Waals surface area (Å²) in [5.41, 5.74) is 0.763. The maximum Gasteiger partial charge on any atom is 0.265 e. The summed E-state index contributed by atoms with van der Waals surface area (Å²) >= 11 is 0. The molecule has 5 nitrogen and oxygen atoms in total. The van der Waals surface area contributed by atoms with Crippen molar-refractivity contribution in [3.8, 4) is 5.75 Å². The third kappa shape index (κ3) is 3.71. The Balaban J connectivity index is 1.60. The average molecular weight is 330 g/mol. The lowest BCUT2D eigenvalue weighted by molar-refractivity contribution is -0.132. The molecule has 2 amide bonds. The van der Waals surface area contributed by atoms with Crippen molar-refractivity contribution in [3.05, 3.63) is 24.3 Å². The molecule has 1 saturated carbocycles. The van der Waals surface area contributed by atoms with Crippen LogP contribution in [0.3, 0.4) is 0 Å². The highest BCUT2D eigenvalue weighted by molar-refractivity contribution is 5.98. The van der Waals surface area contributed by atoms with Crippen molar-refractivity contribution < 1.29 is 14.3 Å². The van der Waals surface area contributed by atoms with Gasteiger partial charge < -0.3 is 14.5 Å². The van der Waals surface area contributed by atoms with Crippen LogP contribution in [0.15, 0.2) is 24.3 Å². The Morgan fingerprint density at radius 2 is 1.92 bits per heavy atom. The van der Waals surface area contributed by atoms with Crippen LogP contribution in [0.1, 0.15) is 44.9 Å². The minimum atomic E-state index is -0.0846. The van der Waals surface area contributed by atoms with E-state index in [1.165, 1.54) is 25.7 Å². The minimum Gasteiger partial charge on any atom is -0.482 e. The first kappa shape index (κ1) is 16.8. The topological polar surface area (TPSA) is 49.9 Å². The van der Waals surface area contributed by atoms with Crippen molar-refractivity contribution in [2.75, 3.05) is 25.1 Å². The molecule has 24 heavy (non-hydrogen) atoms. The van der Waals surface area contributed by atoms with Crippen molar-refractivity contribution in [1.82, 2.24) is 4.90 Å². The number of hydrogen-bond acceptors (Lipinski definition) is 3. The van der Waals surface area contributed by atoms with Gasteiger partial charge in [-0.25, -0.2) is 0 Å².